The van der Waals surface area contributed by atoms with E-state index in [1.165, 1.54) is 12.8 Å². The minimum Gasteiger partial charge on any atom is -0.480 e. The molecule has 0 atom stereocenters. The van der Waals surface area contributed by atoms with Gasteiger partial charge in [-0.2, -0.15) is 5.10 Å². The van der Waals surface area contributed by atoms with Crippen LogP contribution in [0.15, 0.2) is 24.4 Å². The number of aryl methyl sites for hydroxylation is 1. The van der Waals surface area contributed by atoms with Crippen LogP contribution in [0.1, 0.15) is 31.4 Å². The molecule has 0 aliphatic heterocycles. The van der Waals surface area contributed by atoms with E-state index in [2.05, 4.69) is 25.5 Å². The Bertz CT molecular complexity index is 764. The second-order valence-electron chi connectivity index (χ2n) is 7.41. The summed E-state index contributed by atoms with van der Waals surface area (Å²) < 4.78 is 1.70. The molecule has 4 rings (SSSR count). The predicted octanol–water partition coefficient (Wildman–Crippen LogP) is 1.71. The van der Waals surface area contributed by atoms with Crippen molar-refractivity contribution < 1.29 is 9.90 Å². The molecule has 0 radical (unpaired) electrons. The minimum atomic E-state index is -0.739. The fourth-order valence-electron chi connectivity index (χ4n) is 3.43. The standard InChI is InChI=1S/C18H24N6O2/c1-12-6-7-24(22-12)17-5-4-16(20-21-17)19-14-8-15(9-14)23(11-18(25)26)10-13-2-3-13/h4-7,13-15H,2-3,8-11H2,1H3,(H,19,20)(H,25,26). The van der Waals surface area contributed by atoms with Crippen molar-refractivity contribution in [3.05, 3.63) is 30.1 Å². The lowest BCUT2D eigenvalue weighted by Crippen LogP contribution is -2.52. The molecule has 0 saturated heterocycles. The smallest absolute Gasteiger partial charge is 0.317 e. The number of carboxylic acids is 1. The molecule has 0 aromatic carbocycles. The number of carboxylic acid groups (broad SMARTS) is 1. The van der Waals surface area contributed by atoms with Crippen LogP contribution in [0.5, 0.6) is 0 Å². The number of hydrogen-bond donors (Lipinski definition) is 2. The van der Waals surface area contributed by atoms with Gasteiger partial charge in [-0.25, -0.2) is 4.68 Å². The first kappa shape index (κ1) is 17.0. The summed E-state index contributed by atoms with van der Waals surface area (Å²) in [6, 6.07) is 6.40. The number of aromatic nitrogens is 4. The first-order valence-corrected chi connectivity index (χ1v) is 9.15. The molecular weight excluding hydrogens is 332 g/mol. The van der Waals surface area contributed by atoms with Gasteiger partial charge in [0.05, 0.1) is 12.2 Å². The lowest BCUT2D eigenvalue weighted by molar-refractivity contribution is -0.139. The highest BCUT2D eigenvalue weighted by Crippen LogP contribution is 2.34. The van der Waals surface area contributed by atoms with Crippen molar-refractivity contribution in [3.8, 4) is 5.82 Å². The quantitative estimate of drug-likeness (QED) is 0.743. The van der Waals surface area contributed by atoms with Crippen LogP contribution in [0.2, 0.25) is 0 Å². The second-order valence-corrected chi connectivity index (χ2v) is 7.41. The van der Waals surface area contributed by atoms with Crippen LogP contribution in [-0.2, 0) is 4.79 Å². The number of rotatable bonds is 8. The molecule has 2 fully saturated rings. The van der Waals surface area contributed by atoms with Crippen LogP contribution < -0.4 is 5.32 Å². The average Bonchev–Trinajstić information content (AvgIpc) is 3.28. The minimum absolute atomic E-state index is 0.145. The molecule has 2 N–H and O–H groups in total. The summed E-state index contributed by atoms with van der Waals surface area (Å²) >= 11 is 0. The number of hydrogen-bond acceptors (Lipinski definition) is 6. The van der Waals surface area contributed by atoms with Crippen LogP contribution in [0.25, 0.3) is 5.82 Å². The van der Waals surface area contributed by atoms with Gasteiger partial charge in [0.2, 0.25) is 0 Å². The van der Waals surface area contributed by atoms with E-state index in [0.29, 0.717) is 23.8 Å². The van der Waals surface area contributed by atoms with E-state index in [1.54, 1.807) is 4.68 Å². The highest BCUT2D eigenvalue weighted by atomic mass is 16.4. The third kappa shape index (κ3) is 4.01. The summed E-state index contributed by atoms with van der Waals surface area (Å²) in [5.41, 5.74) is 0.937. The third-order valence-corrected chi connectivity index (χ3v) is 5.12. The molecule has 8 heteroatoms. The van der Waals surface area contributed by atoms with Gasteiger partial charge in [0, 0.05) is 24.8 Å². The van der Waals surface area contributed by atoms with Gasteiger partial charge in [0.1, 0.15) is 5.82 Å². The SMILES string of the molecule is Cc1ccn(-c2ccc(NC3CC(N(CC(=O)O)CC4CC4)C3)nn2)n1. The van der Waals surface area contributed by atoms with Crippen molar-refractivity contribution in [3.63, 3.8) is 0 Å². The number of aliphatic carboxylic acids is 1. The van der Waals surface area contributed by atoms with Crippen molar-refractivity contribution in [2.75, 3.05) is 18.4 Å². The van der Waals surface area contributed by atoms with Gasteiger partial charge in [-0.05, 0) is 56.7 Å². The maximum Gasteiger partial charge on any atom is 0.317 e. The lowest BCUT2D eigenvalue weighted by Gasteiger charge is -2.42. The molecule has 2 aliphatic rings. The van der Waals surface area contributed by atoms with E-state index in [-0.39, 0.29) is 6.54 Å². The van der Waals surface area contributed by atoms with Gasteiger partial charge in [0.15, 0.2) is 5.82 Å². The molecular formula is C18H24N6O2. The molecule has 0 bridgehead atoms. The van der Waals surface area contributed by atoms with E-state index in [4.69, 9.17) is 5.11 Å². The molecule has 2 saturated carbocycles. The molecule has 0 unspecified atom stereocenters. The van der Waals surface area contributed by atoms with Gasteiger partial charge in [-0.1, -0.05) is 0 Å². The molecule has 2 aliphatic carbocycles. The van der Waals surface area contributed by atoms with E-state index in [9.17, 15) is 4.79 Å². The average molecular weight is 356 g/mol. The molecule has 8 nitrogen and oxygen atoms in total. The number of nitrogens with one attached hydrogen (secondary N) is 1. The van der Waals surface area contributed by atoms with Crippen molar-refractivity contribution in [2.45, 2.75) is 44.7 Å². The molecule has 0 amide bonds. The summed E-state index contributed by atoms with van der Waals surface area (Å²) in [5.74, 6) is 1.39. The van der Waals surface area contributed by atoms with Gasteiger partial charge >= 0.3 is 5.97 Å². The fraction of sp³-hybridized carbons (Fsp3) is 0.556. The van der Waals surface area contributed by atoms with Crippen molar-refractivity contribution >= 4 is 11.8 Å². The summed E-state index contributed by atoms with van der Waals surface area (Å²) in [6.45, 7) is 3.00. The zero-order chi connectivity index (χ0) is 18.1. The maximum atomic E-state index is 11.1. The molecule has 2 heterocycles. The Balaban J connectivity index is 1.29. The van der Waals surface area contributed by atoms with Crippen molar-refractivity contribution in [1.29, 1.82) is 0 Å². The van der Waals surface area contributed by atoms with E-state index in [0.717, 1.165) is 30.9 Å². The van der Waals surface area contributed by atoms with Crippen LogP contribution in [0.4, 0.5) is 5.82 Å². The summed E-state index contributed by atoms with van der Waals surface area (Å²) in [5, 5.41) is 25.3. The highest BCUT2D eigenvalue weighted by molar-refractivity contribution is 5.69. The first-order valence-electron chi connectivity index (χ1n) is 9.15. The Hall–Kier alpha value is -2.48. The number of nitrogens with zero attached hydrogens (tertiary/aromatic N) is 5. The highest BCUT2D eigenvalue weighted by Gasteiger charge is 2.37. The Morgan fingerprint density at radius 3 is 2.69 bits per heavy atom. The first-order chi connectivity index (χ1) is 12.6. The molecule has 2 aromatic rings. The molecule has 26 heavy (non-hydrogen) atoms. The monoisotopic (exact) mass is 356 g/mol. The van der Waals surface area contributed by atoms with Crippen molar-refractivity contribution in [1.82, 2.24) is 24.9 Å². The summed E-state index contributed by atoms with van der Waals surface area (Å²) in [6.07, 6.45) is 6.23. The lowest BCUT2D eigenvalue weighted by atomic mass is 9.85. The number of carbonyl (C=O) groups is 1. The zero-order valence-electron chi connectivity index (χ0n) is 14.9. The Kier molecular flexibility index (Phi) is 4.58. The van der Waals surface area contributed by atoms with Crippen LogP contribution in [0.3, 0.4) is 0 Å². The Morgan fingerprint density at radius 1 is 1.31 bits per heavy atom. The molecule has 2 aromatic heterocycles. The Morgan fingerprint density at radius 2 is 2.12 bits per heavy atom. The van der Waals surface area contributed by atoms with Crippen LogP contribution in [0, 0.1) is 12.8 Å². The third-order valence-electron chi connectivity index (χ3n) is 5.12. The molecule has 138 valence electrons. The second kappa shape index (κ2) is 7.03. The van der Waals surface area contributed by atoms with Gasteiger partial charge in [-0.3, -0.25) is 9.69 Å². The molecule has 0 spiro atoms. The van der Waals surface area contributed by atoms with E-state index in [1.807, 2.05) is 31.3 Å². The van der Waals surface area contributed by atoms with Gasteiger partial charge < -0.3 is 10.4 Å². The number of anilines is 1. The zero-order valence-corrected chi connectivity index (χ0v) is 14.9. The largest absolute Gasteiger partial charge is 0.480 e. The normalized spacial score (nSPS) is 22.2. The maximum absolute atomic E-state index is 11.1. The van der Waals surface area contributed by atoms with Crippen molar-refractivity contribution in [2.24, 2.45) is 5.92 Å². The van der Waals surface area contributed by atoms with E-state index >= 15 is 0 Å². The van der Waals surface area contributed by atoms with Crippen LogP contribution in [-0.4, -0.2) is 61.1 Å². The summed E-state index contributed by atoms with van der Waals surface area (Å²) in [4.78, 5) is 13.2. The predicted molar refractivity (Wildman–Crippen MR) is 96.3 cm³/mol. The fourth-order valence-corrected chi connectivity index (χ4v) is 3.43. The van der Waals surface area contributed by atoms with E-state index < -0.39 is 5.97 Å². The topological polar surface area (TPSA) is 96.2 Å². The van der Waals surface area contributed by atoms with Crippen LogP contribution >= 0.6 is 0 Å². The summed E-state index contributed by atoms with van der Waals surface area (Å²) in [7, 11) is 0. The Labute approximate surface area is 152 Å². The van der Waals surface area contributed by atoms with Gasteiger partial charge in [0.25, 0.3) is 0 Å². The van der Waals surface area contributed by atoms with Gasteiger partial charge in [-0.15, -0.1) is 10.2 Å².